The Labute approximate surface area is 175 Å². The molecule has 0 atom stereocenters. The lowest BCUT2D eigenvalue weighted by Gasteiger charge is -2.20. The molecule has 0 spiro atoms. The Hall–Kier alpha value is -3.40. The van der Waals surface area contributed by atoms with E-state index in [-0.39, 0.29) is 5.43 Å². The van der Waals surface area contributed by atoms with Crippen molar-refractivity contribution in [2.75, 3.05) is 0 Å². The van der Waals surface area contributed by atoms with E-state index >= 15 is 0 Å². The highest BCUT2D eigenvalue weighted by Crippen LogP contribution is 2.39. The Kier molecular flexibility index (Phi) is 4.24. The van der Waals surface area contributed by atoms with Gasteiger partial charge in [0.25, 0.3) is 0 Å². The molecule has 150 valence electrons. The number of aromatic nitrogens is 3. The van der Waals surface area contributed by atoms with Crippen molar-refractivity contribution in [2.45, 2.75) is 39.5 Å². The number of nitrogens with one attached hydrogen (secondary N) is 1. The van der Waals surface area contributed by atoms with Gasteiger partial charge >= 0.3 is 0 Å². The van der Waals surface area contributed by atoms with Crippen LogP contribution in [0.2, 0.25) is 0 Å². The third-order valence-electron chi connectivity index (χ3n) is 6.00. The first-order valence-corrected chi connectivity index (χ1v) is 10.5. The first kappa shape index (κ1) is 18.6. The summed E-state index contributed by atoms with van der Waals surface area (Å²) < 4.78 is 2.21. The van der Waals surface area contributed by atoms with Crippen molar-refractivity contribution in [1.29, 1.82) is 0 Å². The zero-order valence-corrected chi connectivity index (χ0v) is 17.7. The number of pyridine rings is 2. The molecule has 1 N–H and O–H groups in total. The summed E-state index contributed by atoms with van der Waals surface area (Å²) in [6.07, 6.45) is 5.91. The van der Waals surface area contributed by atoms with Gasteiger partial charge in [-0.1, -0.05) is 45.9 Å². The van der Waals surface area contributed by atoms with E-state index in [1.807, 2.05) is 24.7 Å². The van der Waals surface area contributed by atoms with E-state index in [4.69, 9.17) is 4.98 Å². The lowest BCUT2D eigenvalue weighted by atomic mass is 9.87. The second-order valence-electron chi connectivity index (χ2n) is 8.57. The molecule has 0 unspecified atom stereocenters. The highest BCUT2D eigenvalue weighted by molar-refractivity contribution is 6.12. The second kappa shape index (κ2) is 6.84. The molecule has 2 aromatic carbocycles. The van der Waals surface area contributed by atoms with Gasteiger partial charge < -0.3 is 4.98 Å². The number of hydrogen-bond acceptors (Lipinski definition) is 2. The smallest absolute Gasteiger partial charge is 0.179 e. The van der Waals surface area contributed by atoms with Crippen LogP contribution in [0.4, 0.5) is 0 Å². The van der Waals surface area contributed by atoms with Gasteiger partial charge in [-0.3, -0.25) is 9.20 Å². The van der Waals surface area contributed by atoms with E-state index in [0.717, 1.165) is 33.0 Å². The predicted octanol–water partition coefficient (Wildman–Crippen LogP) is 6.24. The lowest BCUT2D eigenvalue weighted by molar-refractivity contribution is 0.836. The summed E-state index contributed by atoms with van der Waals surface area (Å²) in [5, 5.41) is 3.04. The third kappa shape index (κ3) is 2.67. The Balaban J connectivity index is 2.02. The van der Waals surface area contributed by atoms with Crippen LogP contribution in [0.3, 0.4) is 0 Å². The summed E-state index contributed by atoms with van der Waals surface area (Å²) in [4.78, 5) is 20.2. The molecule has 4 nitrogen and oxygen atoms in total. The number of hydrogen-bond donors (Lipinski definition) is 1. The minimum absolute atomic E-state index is 0.00115. The van der Waals surface area contributed by atoms with E-state index in [2.05, 4.69) is 61.3 Å². The van der Waals surface area contributed by atoms with Crippen LogP contribution in [0.15, 0.2) is 65.8 Å². The van der Waals surface area contributed by atoms with Gasteiger partial charge in [0.1, 0.15) is 5.65 Å². The molecule has 3 aromatic heterocycles. The molecule has 5 rings (SSSR count). The highest BCUT2D eigenvalue weighted by atomic mass is 16.1. The fraction of sp³-hybridized carbons (Fsp3) is 0.231. The third-order valence-corrected chi connectivity index (χ3v) is 6.00. The number of benzene rings is 2. The van der Waals surface area contributed by atoms with Crippen molar-refractivity contribution >= 4 is 27.3 Å². The first-order chi connectivity index (χ1) is 14.5. The summed E-state index contributed by atoms with van der Waals surface area (Å²) in [5.74, 6) is 0.770. The zero-order chi connectivity index (χ0) is 21.0. The topological polar surface area (TPSA) is 50.2 Å². The molecule has 0 saturated carbocycles. The van der Waals surface area contributed by atoms with Crippen molar-refractivity contribution in [1.82, 2.24) is 14.4 Å². The summed E-state index contributed by atoms with van der Waals surface area (Å²) in [7, 11) is 0. The molecule has 0 aliphatic heterocycles. The first-order valence-electron chi connectivity index (χ1n) is 10.5. The van der Waals surface area contributed by atoms with E-state index in [1.54, 1.807) is 12.1 Å². The molecule has 3 heterocycles. The fourth-order valence-corrected chi connectivity index (χ4v) is 4.59. The summed E-state index contributed by atoms with van der Waals surface area (Å²) in [6.45, 7) is 8.93. The van der Waals surface area contributed by atoms with Crippen LogP contribution in [-0.2, 0) is 0 Å². The molecule has 0 amide bonds. The summed E-state index contributed by atoms with van der Waals surface area (Å²) >= 11 is 0. The Morgan fingerprint density at radius 2 is 1.63 bits per heavy atom. The van der Waals surface area contributed by atoms with Gasteiger partial charge in [-0.05, 0) is 52.6 Å². The minimum Gasteiger partial charge on any atom is -0.366 e. The Morgan fingerprint density at radius 3 is 2.33 bits per heavy atom. The van der Waals surface area contributed by atoms with Crippen LogP contribution >= 0.6 is 0 Å². The molecule has 0 bridgehead atoms. The molecule has 0 fully saturated rings. The number of fused-ring (bicyclic) bond motifs is 6. The van der Waals surface area contributed by atoms with Gasteiger partial charge in [-0.15, -0.1) is 0 Å². The summed E-state index contributed by atoms with van der Waals surface area (Å²) in [5.41, 5.74) is 6.82. The van der Waals surface area contributed by atoms with Crippen LogP contribution in [0.5, 0.6) is 0 Å². The predicted molar refractivity (Wildman–Crippen MR) is 124 cm³/mol. The number of nitrogens with zero attached hydrogens (tertiary/aromatic N) is 2. The van der Waals surface area contributed by atoms with Crippen LogP contribution in [-0.4, -0.2) is 14.4 Å². The molecule has 0 aliphatic rings. The standard InChI is InChI=1S/C26H25N3O/c1-15(2)18-6-5-7-19(16(3)4)25(18)24-14-28-26-22-12-17(30)8-9-20(22)21-10-11-27-13-23(21)29(24)26/h5-16,27H,1-4H3. The molecular formula is C26H25N3O. The number of rotatable bonds is 3. The maximum Gasteiger partial charge on any atom is 0.179 e. The van der Waals surface area contributed by atoms with E-state index in [9.17, 15) is 4.79 Å². The van der Waals surface area contributed by atoms with Crippen LogP contribution < -0.4 is 5.43 Å². The molecule has 5 aromatic rings. The number of imidazole rings is 1. The van der Waals surface area contributed by atoms with Crippen molar-refractivity contribution in [3.63, 3.8) is 0 Å². The van der Waals surface area contributed by atoms with Gasteiger partial charge in [0.2, 0.25) is 0 Å². The molecule has 0 aliphatic carbocycles. The van der Waals surface area contributed by atoms with Crippen LogP contribution in [0.1, 0.15) is 50.7 Å². The maximum atomic E-state index is 12.2. The van der Waals surface area contributed by atoms with Crippen LogP contribution in [0, 0.1) is 0 Å². The summed E-state index contributed by atoms with van der Waals surface area (Å²) in [6, 6.07) is 13.9. The van der Waals surface area contributed by atoms with Gasteiger partial charge in [-0.25, -0.2) is 4.98 Å². The van der Waals surface area contributed by atoms with E-state index in [1.165, 1.54) is 16.7 Å². The average Bonchev–Trinajstić information content (AvgIpc) is 3.18. The van der Waals surface area contributed by atoms with Crippen molar-refractivity contribution < 1.29 is 0 Å². The van der Waals surface area contributed by atoms with E-state index < -0.39 is 0 Å². The Morgan fingerprint density at radius 1 is 0.900 bits per heavy atom. The molecule has 0 saturated heterocycles. The van der Waals surface area contributed by atoms with Crippen LogP contribution in [0.25, 0.3) is 38.6 Å². The maximum absolute atomic E-state index is 12.2. The SMILES string of the molecule is CC(C)c1cccc(C(C)C)c1-c1cnc2c3cc(=O)ccc3c3cc[nH]cc3n12. The van der Waals surface area contributed by atoms with E-state index in [0.29, 0.717) is 11.8 Å². The zero-order valence-electron chi connectivity index (χ0n) is 17.7. The normalized spacial score (nSPS) is 12.1. The number of aromatic amines is 1. The van der Waals surface area contributed by atoms with Gasteiger partial charge in [0.05, 0.1) is 17.4 Å². The van der Waals surface area contributed by atoms with Gasteiger partial charge in [0.15, 0.2) is 5.43 Å². The fourth-order valence-electron chi connectivity index (χ4n) is 4.59. The molecule has 0 radical (unpaired) electrons. The lowest BCUT2D eigenvalue weighted by Crippen LogP contribution is -2.03. The second-order valence-corrected chi connectivity index (χ2v) is 8.57. The van der Waals surface area contributed by atoms with Crippen molar-refractivity contribution in [3.8, 4) is 11.3 Å². The van der Waals surface area contributed by atoms with Crippen molar-refractivity contribution in [2.24, 2.45) is 0 Å². The highest BCUT2D eigenvalue weighted by Gasteiger charge is 2.21. The Bertz CT molecular complexity index is 1440. The minimum atomic E-state index is 0.00115. The monoisotopic (exact) mass is 395 g/mol. The number of H-pyrrole nitrogens is 1. The molecule has 30 heavy (non-hydrogen) atoms. The van der Waals surface area contributed by atoms with Gasteiger partial charge in [0, 0.05) is 28.7 Å². The molecular weight excluding hydrogens is 370 g/mol. The van der Waals surface area contributed by atoms with Gasteiger partial charge in [-0.2, -0.15) is 0 Å². The largest absolute Gasteiger partial charge is 0.366 e. The van der Waals surface area contributed by atoms with Crippen molar-refractivity contribution in [3.05, 3.63) is 82.4 Å². The quantitative estimate of drug-likeness (QED) is 0.367. The molecule has 4 heteroatoms. The average molecular weight is 396 g/mol.